The monoisotopic (exact) mass is 440 g/mol. The minimum Gasteiger partial charge on any atom is -0.351 e. The number of halogens is 2. The third-order valence-electron chi connectivity index (χ3n) is 4.31. The fourth-order valence-electron chi connectivity index (χ4n) is 2.94. The van der Waals surface area contributed by atoms with E-state index < -0.39 is 21.9 Å². The van der Waals surface area contributed by atoms with Gasteiger partial charge in [-0.05, 0) is 54.8 Å². The largest absolute Gasteiger partial charge is 0.351 e. The first-order chi connectivity index (χ1) is 12.4. The molecule has 3 rings (SSSR count). The zero-order chi connectivity index (χ0) is 18.7. The lowest BCUT2D eigenvalue weighted by Crippen LogP contribution is -2.45. The molecule has 1 aliphatic rings. The van der Waals surface area contributed by atoms with Crippen LogP contribution in [0.25, 0.3) is 0 Å². The van der Waals surface area contributed by atoms with Gasteiger partial charge < -0.3 is 5.32 Å². The molecule has 0 spiro atoms. The molecule has 1 N–H and O–H groups in total. The summed E-state index contributed by atoms with van der Waals surface area (Å²) in [6.07, 6.45) is 1.07. The molecule has 1 amide bonds. The summed E-state index contributed by atoms with van der Waals surface area (Å²) in [6, 6.07) is 11.4. The Hall–Kier alpha value is -1.77. The predicted octanol–water partition coefficient (Wildman–Crippen LogP) is 3.06. The summed E-state index contributed by atoms with van der Waals surface area (Å²) in [4.78, 5) is 12.5. The standard InChI is InChI=1S/C18H18BrFN2O3S/c19-14-5-3-13(4-6-14)12-21-18(23)17-2-1-11-22(17)26(24,25)16-9-7-15(20)8-10-16/h3-10,17H,1-2,11-12H2,(H,21,23)/t17-/m0/s1. The van der Waals surface area contributed by atoms with Gasteiger partial charge in [0.25, 0.3) is 0 Å². The lowest BCUT2D eigenvalue weighted by Gasteiger charge is -2.23. The molecule has 5 nitrogen and oxygen atoms in total. The molecule has 2 aromatic carbocycles. The molecule has 138 valence electrons. The molecule has 0 bridgehead atoms. The van der Waals surface area contributed by atoms with Crippen molar-refractivity contribution in [3.05, 3.63) is 64.4 Å². The number of amides is 1. The number of sulfonamides is 1. The Morgan fingerprint density at radius 1 is 1.15 bits per heavy atom. The van der Waals surface area contributed by atoms with Gasteiger partial charge in [-0.15, -0.1) is 0 Å². The van der Waals surface area contributed by atoms with Gasteiger partial charge in [-0.25, -0.2) is 12.8 Å². The van der Waals surface area contributed by atoms with Gasteiger partial charge >= 0.3 is 0 Å². The minimum absolute atomic E-state index is 0.00786. The molecule has 1 aliphatic heterocycles. The smallest absolute Gasteiger partial charge is 0.243 e. The highest BCUT2D eigenvalue weighted by atomic mass is 79.9. The summed E-state index contributed by atoms with van der Waals surface area (Å²) in [6.45, 7) is 0.600. The fourth-order valence-corrected chi connectivity index (χ4v) is 4.86. The molecule has 2 aromatic rings. The second-order valence-electron chi connectivity index (χ2n) is 6.07. The summed E-state index contributed by atoms with van der Waals surface area (Å²) in [5.41, 5.74) is 0.924. The van der Waals surface area contributed by atoms with Gasteiger partial charge in [-0.2, -0.15) is 4.31 Å². The van der Waals surface area contributed by atoms with E-state index in [4.69, 9.17) is 0 Å². The zero-order valence-electron chi connectivity index (χ0n) is 13.9. The Bertz CT molecular complexity index is 886. The van der Waals surface area contributed by atoms with Crippen LogP contribution in [-0.2, 0) is 21.4 Å². The van der Waals surface area contributed by atoms with Gasteiger partial charge in [0, 0.05) is 17.6 Å². The number of carbonyl (C=O) groups is 1. The van der Waals surface area contributed by atoms with Crippen molar-refractivity contribution >= 4 is 31.9 Å². The molecule has 1 atom stereocenters. The molecular weight excluding hydrogens is 423 g/mol. The van der Waals surface area contributed by atoms with E-state index in [1.165, 1.54) is 16.4 Å². The first-order valence-electron chi connectivity index (χ1n) is 8.17. The average Bonchev–Trinajstić information content (AvgIpc) is 3.12. The Morgan fingerprint density at radius 2 is 1.81 bits per heavy atom. The normalized spacial score (nSPS) is 18.0. The maximum absolute atomic E-state index is 13.1. The van der Waals surface area contributed by atoms with Crippen molar-refractivity contribution in [3.8, 4) is 0 Å². The molecule has 0 aromatic heterocycles. The maximum Gasteiger partial charge on any atom is 0.243 e. The van der Waals surface area contributed by atoms with Crippen LogP contribution in [0.2, 0.25) is 0 Å². The van der Waals surface area contributed by atoms with Gasteiger partial charge in [-0.1, -0.05) is 28.1 Å². The van der Waals surface area contributed by atoms with Crippen molar-refractivity contribution in [2.45, 2.75) is 30.3 Å². The molecule has 8 heteroatoms. The summed E-state index contributed by atoms with van der Waals surface area (Å²) < 4.78 is 40.8. The SMILES string of the molecule is O=C(NCc1ccc(Br)cc1)[C@@H]1CCCN1S(=O)(=O)c1ccc(F)cc1. The zero-order valence-corrected chi connectivity index (χ0v) is 16.3. The third-order valence-corrected chi connectivity index (χ3v) is 6.76. The van der Waals surface area contributed by atoms with Crippen LogP contribution in [0.3, 0.4) is 0 Å². The van der Waals surface area contributed by atoms with Crippen LogP contribution in [0.5, 0.6) is 0 Å². The summed E-state index contributed by atoms with van der Waals surface area (Å²) in [7, 11) is -3.84. The van der Waals surface area contributed by atoms with Gasteiger partial charge in [-0.3, -0.25) is 4.79 Å². The van der Waals surface area contributed by atoms with E-state index in [-0.39, 0.29) is 17.3 Å². The Morgan fingerprint density at radius 3 is 2.46 bits per heavy atom. The number of rotatable bonds is 5. The number of hydrogen-bond acceptors (Lipinski definition) is 3. The number of benzene rings is 2. The molecule has 1 fully saturated rings. The molecule has 0 unspecified atom stereocenters. The molecule has 1 heterocycles. The highest BCUT2D eigenvalue weighted by Crippen LogP contribution is 2.26. The Labute approximate surface area is 160 Å². The second-order valence-corrected chi connectivity index (χ2v) is 8.88. The maximum atomic E-state index is 13.1. The van der Waals surface area contributed by atoms with Crippen LogP contribution in [0.15, 0.2) is 57.9 Å². The third kappa shape index (κ3) is 4.13. The first-order valence-corrected chi connectivity index (χ1v) is 10.4. The van der Waals surface area contributed by atoms with E-state index in [0.717, 1.165) is 22.2 Å². The van der Waals surface area contributed by atoms with Crippen molar-refractivity contribution in [1.82, 2.24) is 9.62 Å². The Kier molecular flexibility index (Phi) is 5.74. The van der Waals surface area contributed by atoms with Crippen molar-refractivity contribution in [3.63, 3.8) is 0 Å². The van der Waals surface area contributed by atoms with Gasteiger partial charge in [0.1, 0.15) is 11.9 Å². The quantitative estimate of drug-likeness (QED) is 0.776. The highest BCUT2D eigenvalue weighted by Gasteiger charge is 2.39. The fraction of sp³-hybridized carbons (Fsp3) is 0.278. The van der Waals surface area contributed by atoms with Crippen molar-refractivity contribution in [2.24, 2.45) is 0 Å². The lowest BCUT2D eigenvalue weighted by molar-refractivity contribution is -0.124. The molecular formula is C18H18BrFN2O3S. The van der Waals surface area contributed by atoms with Crippen LogP contribution < -0.4 is 5.32 Å². The molecule has 0 radical (unpaired) electrons. The topological polar surface area (TPSA) is 66.5 Å². The number of nitrogens with one attached hydrogen (secondary N) is 1. The van der Waals surface area contributed by atoms with Crippen LogP contribution in [0.4, 0.5) is 4.39 Å². The van der Waals surface area contributed by atoms with E-state index in [1.54, 1.807) is 0 Å². The predicted molar refractivity (Wildman–Crippen MR) is 99.3 cm³/mol. The molecule has 26 heavy (non-hydrogen) atoms. The van der Waals surface area contributed by atoms with Crippen LogP contribution in [0, 0.1) is 5.82 Å². The number of nitrogens with zero attached hydrogens (tertiary/aromatic N) is 1. The minimum atomic E-state index is -3.84. The van der Waals surface area contributed by atoms with E-state index in [2.05, 4.69) is 21.2 Å². The summed E-state index contributed by atoms with van der Waals surface area (Å²) in [5.74, 6) is -0.828. The van der Waals surface area contributed by atoms with Crippen molar-refractivity contribution < 1.29 is 17.6 Å². The number of hydrogen-bond donors (Lipinski definition) is 1. The second kappa shape index (κ2) is 7.85. The van der Waals surface area contributed by atoms with E-state index in [0.29, 0.717) is 19.4 Å². The van der Waals surface area contributed by atoms with E-state index >= 15 is 0 Å². The van der Waals surface area contributed by atoms with E-state index in [9.17, 15) is 17.6 Å². The van der Waals surface area contributed by atoms with Gasteiger partial charge in [0.2, 0.25) is 15.9 Å². The summed E-state index contributed by atoms with van der Waals surface area (Å²) >= 11 is 3.35. The van der Waals surface area contributed by atoms with Crippen molar-refractivity contribution in [2.75, 3.05) is 6.54 Å². The molecule has 0 aliphatic carbocycles. The van der Waals surface area contributed by atoms with Crippen LogP contribution in [-0.4, -0.2) is 31.2 Å². The van der Waals surface area contributed by atoms with E-state index in [1.807, 2.05) is 24.3 Å². The van der Waals surface area contributed by atoms with Gasteiger partial charge in [0.15, 0.2) is 0 Å². The van der Waals surface area contributed by atoms with Crippen molar-refractivity contribution in [1.29, 1.82) is 0 Å². The molecule has 0 saturated carbocycles. The lowest BCUT2D eigenvalue weighted by atomic mass is 10.2. The van der Waals surface area contributed by atoms with Crippen LogP contribution in [0.1, 0.15) is 18.4 Å². The Balaban J connectivity index is 1.71. The summed E-state index contributed by atoms with van der Waals surface area (Å²) in [5, 5.41) is 2.80. The number of carbonyl (C=O) groups excluding carboxylic acids is 1. The molecule has 1 saturated heterocycles. The first kappa shape index (κ1) is 19.0. The van der Waals surface area contributed by atoms with Gasteiger partial charge in [0.05, 0.1) is 4.90 Å². The average molecular weight is 441 g/mol. The van der Waals surface area contributed by atoms with Crippen LogP contribution >= 0.6 is 15.9 Å². The highest BCUT2D eigenvalue weighted by molar-refractivity contribution is 9.10.